The lowest BCUT2D eigenvalue weighted by atomic mass is 9.83. The summed E-state index contributed by atoms with van der Waals surface area (Å²) in [5, 5.41) is 12.1. The minimum Gasteiger partial charge on any atom is -0.486 e. The lowest BCUT2D eigenvalue weighted by Crippen LogP contribution is -2.35. The molecular weight excluding hydrogens is 362 g/mol. The second-order valence-corrected chi connectivity index (χ2v) is 7.09. The van der Waals surface area contributed by atoms with Crippen LogP contribution in [0.5, 0.6) is 11.5 Å². The van der Waals surface area contributed by atoms with E-state index in [1.54, 1.807) is 32.0 Å². The van der Waals surface area contributed by atoms with Crippen molar-refractivity contribution in [1.29, 1.82) is 0 Å². The molecule has 0 unspecified atom stereocenters. The van der Waals surface area contributed by atoms with Crippen LogP contribution in [0, 0.1) is 0 Å². The van der Waals surface area contributed by atoms with Crippen LogP contribution in [0.2, 0.25) is 0 Å². The number of benzene rings is 2. The summed E-state index contributed by atoms with van der Waals surface area (Å²) in [7, 11) is 1.52. The van der Waals surface area contributed by atoms with Crippen LogP contribution in [0.3, 0.4) is 0 Å². The van der Waals surface area contributed by atoms with E-state index in [9.17, 15) is 14.7 Å². The topological polar surface area (TPSA) is 94.1 Å². The van der Waals surface area contributed by atoms with Crippen molar-refractivity contribution in [3.8, 4) is 11.5 Å². The highest BCUT2D eigenvalue weighted by molar-refractivity contribution is 6.00. The van der Waals surface area contributed by atoms with Crippen LogP contribution in [0.1, 0.15) is 35.3 Å². The molecule has 0 aromatic heterocycles. The van der Waals surface area contributed by atoms with Crippen LogP contribution in [0.4, 0.5) is 5.69 Å². The van der Waals surface area contributed by atoms with Gasteiger partial charge in [0.2, 0.25) is 5.91 Å². The zero-order valence-electron chi connectivity index (χ0n) is 16.1. The van der Waals surface area contributed by atoms with Gasteiger partial charge >= 0.3 is 5.97 Å². The number of aromatic carboxylic acids is 1. The molecule has 1 aliphatic rings. The molecule has 1 aliphatic heterocycles. The summed E-state index contributed by atoms with van der Waals surface area (Å²) in [6.45, 7) is 4.80. The molecule has 0 saturated heterocycles. The molecule has 2 aromatic rings. The molecule has 2 N–H and O–H groups in total. The molecular formula is C21H23NO6. The maximum atomic E-state index is 13.0. The number of anilines is 1. The van der Waals surface area contributed by atoms with Crippen molar-refractivity contribution in [2.24, 2.45) is 0 Å². The lowest BCUT2D eigenvalue weighted by molar-refractivity contribution is -0.120. The average Bonchev–Trinajstić information content (AvgIpc) is 2.67. The molecule has 2 aromatic carbocycles. The van der Waals surface area contributed by atoms with E-state index in [4.69, 9.17) is 14.2 Å². The van der Waals surface area contributed by atoms with E-state index in [-0.39, 0.29) is 18.1 Å². The third-order valence-electron chi connectivity index (χ3n) is 4.64. The first-order valence-corrected chi connectivity index (χ1v) is 8.89. The minimum atomic E-state index is -1.07. The minimum absolute atomic E-state index is 0.0852. The highest BCUT2D eigenvalue weighted by Gasteiger charge is 2.31. The fourth-order valence-corrected chi connectivity index (χ4v) is 2.99. The number of carboxylic acid groups (broad SMARTS) is 1. The number of carboxylic acids is 1. The van der Waals surface area contributed by atoms with Crippen molar-refractivity contribution in [1.82, 2.24) is 0 Å². The molecule has 0 saturated carbocycles. The van der Waals surface area contributed by atoms with Gasteiger partial charge in [-0.15, -0.1) is 0 Å². The van der Waals surface area contributed by atoms with Crippen LogP contribution in [-0.4, -0.2) is 37.3 Å². The Morgan fingerprint density at radius 1 is 1.11 bits per heavy atom. The summed E-state index contributed by atoms with van der Waals surface area (Å²) >= 11 is 0. The van der Waals surface area contributed by atoms with Gasteiger partial charge in [0, 0.05) is 12.8 Å². The zero-order chi connectivity index (χ0) is 20.3. The number of carbonyl (C=O) groups excluding carboxylic acids is 1. The van der Waals surface area contributed by atoms with Crippen molar-refractivity contribution in [3.63, 3.8) is 0 Å². The predicted molar refractivity (Wildman–Crippen MR) is 103 cm³/mol. The number of hydrogen-bond acceptors (Lipinski definition) is 5. The van der Waals surface area contributed by atoms with Gasteiger partial charge in [0.15, 0.2) is 11.5 Å². The van der Waals surface area contributed by atoms with Crippen LogP contribution >= 0.6 is 0 Å². The molecule has 0 fully saturated rings. The molecule has 7 nitrogen and oxygen atoms in total. The Hall–Kier alpha value is -3.06. The second kappa shape index (κ2) is 7.90. The number of fused-ring (bicyclic) bond motifs is 1. The molecule has 148 valence electrons. The molecule has 1 heterocycles. The van der Waals surface area contributed by atoms with Crippen LogP contribution < -0.4 is 14.8 Å². The number of nitrogens with one attached hydrogen (secondary N) is 1. The van der Waals surface area contributed by atoms with Crippen LogP contribution in [0.15, 0.2) is 36.4 Å². The molecule has 0 atom stereocenters. The normalized spacial score (nSPS) is 13.1. The summed E-state index contributed by atoms with van der Waals surface area (Å²) in [4.78, 5) is 24.4. The second-order valence-electron chi connectivity index (χ2n) is 7.09. The van der Waals surface area contributed by atoms with Crippen molar-refractivity contribution in [3.05, 3.63) is 53.1 Å². The maximum Gasteiger partial charge on any atom is 0.335 e. The number of ether oxygens (including phenoxy) is 3. The number of rotatable bonds is 6. The van der Waals surface area contributed by atoms with Crippen molar-refractivity contribution in [2.75, 3.05) is 25.6 Å². The molecule has 0 aliphatic carbocycles. The van der Waals surface area contributed by atoms with E-state index in [1.807, 2.05) is 6.07 Å². The Balaban J connectivity index is 1.86. The summed E-state index contributed by atoms with van der Waals surface area (Å²) in [5.41, 5.74) is 1.04. The largest absolute Gasteiger partial charge is 0.486 e. The van der Waals surface area contributed by atoms with Gasteiger partial charge in [-0.1, -0.05) is 6.07 Å². The summed E-state index contributed by atoms with van der Waals surface area (Å²) in [5.74, 6) is -0.0703. The van der Waals surface area contributed by atoms with Gasteiger partial charge in [0.05, 0.1) is 17.6 Å². The number of amides is 1. The predicted octanol–water partition coefficient (Wildman–Crippen LogP) is 3.22. The quantitative estimate of drug-likeness (QED) is 0.793. The SMILES string of the molecule is COCc1cc(NC(=O)C(C)(C)c2ccc3c(c2)OCCO3)cc(C(=O)O)c1. The maximum absolute atomic E-state index is 13.0. The van der Waals surface area contributed by atoms with Gasteiger partial charge in [-0.05, 0) is 55.3 Å². The lowest BCUT2D eigenvalue weighted by Gasteiger charge is -2.26. The molecule has 0 bridgehead atoms. The number of hydrogen-bond donors (Lipinski definition) is 2. The van der Waals surface area contributed by atoms with E-state index < -0.39 is 11.4 Å². The van der Waals surface area contributed by atoms with Gasteiger partial charge in [0.25, 0.3) is 0 Å². The zero-order valence-corrected chi connectivity index (χ0v) is 16.1. The Kier molecular flexibility index (Phi) is 5.56. The van der Waals surface area contributed by atoms with Crippen molar-refractivity contribution >= 4 is 17.6 Å². The number of methoxy groups -OCH3 is 1. The summed E-state index contributed by atoms with van der Waals surface area (Å²) in [6, 6.07) is 10.1. The van der Waals surface area contributed by atoms with Gasteiger partial charge in [0.1, 0.15) is 13.2 Å². The van der Waals surface area contributed by atoms with Crippen LogP contribution in [0.25, 0.3) is 0 Å². The molecule has 7 heteroatoms. The van der Waals surface area contributed by atoms with Gasteiger partial charge in [-0.2, -0.15) is 0 Å². The first-order chi connectivity index (χ1) is 13.3. The molecule has 0 spiro atoms. The third kappa shape index (κ3) is 4.09. The van der Waals surface area contributed by atoms with Gasteiger partial charge < -0.3 is 24.6 Å². The van der Waals surface area contributed by atoms with Crippen molar-refractivity contribution < 1.29 is 28.9 Å². The van der Waals surface area contributed by atoms with E-state index in [0.29, 0.717) is 36.0 Å². The Labute approximate surface area is 163 Å². The van der Waals surface area contributed by atoms with Crippen LogP contribution in [-0.2, 0) is 21.6 Å². The summed E-state index contributed by atoms with van der Waals surface area (Å²) < 4.78 is 16.2. The van der Waals surface area contributed by atoms with E-state index in [1.165, 1.54) is 19.2 Å². The standard InChI is InChI=1S/C21H23NO6/c1-21(2,15-4-5-17-18(11-15)28-7-6-27-17)20(25)22-16-9-13(12-26-3)8-14(10-16)19(23)24/h4-5,8-11H,6-7,12H2,1-3H3,(H,22,25)(H,23,24). The highest BCUT2D eigenvalue weighted by Crippen LogP contribution is 2.35. The number of carbonyl (C=O) groups is 2. The molecule has 3 rings (SSSR count). The third-order valence-corrected chi connectivity index (χ3v) is 4.64. The Bertz CT molecular complexity index is 906. The van der Waals surface area contributed by atoms with Gasteiger partial charge in [-0.25, -0.2) is 4.79 Å². The van der Waals surface area contributed by atoms with E-state index >= 15 is 0 Å². The monoisotopic (exact) mass is 385 g/mol. The molecule has 0 radical (unpaired) electrons. The first kappa shape index (κ1) is 19.7. The van der Waals surface area contributed by atoms with Gasteiger partial charge in [-0.3, -0.25) is 4.79 Å². The fraction of sp³-hybridized carbons (Fsp3) is 0.333. The Morgan fingerprint density at radius 2 is 1.82 bits per heavy atom. The van der Waals surface area contributed by atoms with E-state index in [0.717, 1.165) is 5.56 Å². The Morgan fingerprint density at radius 3 is 2.50 bits per heavy atom. The highest BCUT2D eigenvalue weighted by atomic mass is 16.6. The average molecular weight is 385 g/mol. The fourth-order valence-electron chi connectivity index (χ4n) is 2.99. The smallest absolute Gasteiger partial charge is 0.335 e. The van der Waals surface area contributed by atoms with E-state index in [2.05, 4.69) is 5.32 Å². The molecule has 28 heavy (non-hydrogen) atoms. The first-order valence-electron chi connectivity index (χ1n) is 8.89. The van der Waals surface area contributed by atoms with Crippen molar-refractivity contribution in [2.45, 2.75) is 25.9 Å². The summed E-state index contributed by atoms with van der Waals surface area (Å²) in [6.07, 6.45) is 0. The molecule has 1 amide bonds.